The molecule has 0 aliphatic carbocycles. The van der Waals surface area contributed by atoms with Crippen LogP contribution in [0.5, 0.6) is 0 Å². The Morgan fingerprint density at radius 1 is 1.29 bits per heavy atom. The maximum Gasteiger partial charge on any atom is 0.241 e. The first-order chi connectivity index (χ1) is 9.88. The van der Waals surface area contributed by atoms with Crippen LogP contribution < -0.4 is 5.14 Å². The van der Waals surface area contributed by atoms with Crippen molar-refractivity contribution >= 4 is 10.0 Å². The van der Waals surface area contributed by atoms with Crippen molar-refractivity contribution in [2.24, 2.45) is 12.2 Å². The van der Waals surface area contributed by atoms with Gasteiger partial charge in [-0.2, -0.15) is 10.2 Å². The Hall–Kier alpha value is -1.67. The van der Waals surface area contributed by atoms with Gasteiger partial charge in [-0.3, -0.25) is 9.36 Å². The van der Waals surface area contributed by atoms with E-state index in [2.05, 4.69) is 10.2 Å². The number of rotatable bonds is 6. The third-order valence-corrected chi connectivity index (χ3v) is 4.57. The molecule has 0 saturated carbocycles. The summed E-state index contributed by atoms with van der Waals surface area (Å²) in [5.41, 5.74) is 2.29. The second-order valence-electron chi connectivity index (χ2n) is 4.89. The van der Waals surface area contributed by atoms with Gasteiger partial charge < -0.3 is 0 Å². The molecular weight excluding hydrogens is 290 g/mol. The summed E-state index contributed by atoms with van der Waals surface area (Å²) in [6.07, 6.45) is 3.59. The lowest BCUT2D eigenvalue weighted by atomic mass is 10.2. The van der Waals surface area contributed by atoms with Crippen molar-refractivity contribution in [2.45, 2.75) is 44.6 Å². The van der Waals surface area contributed by atoms with Crippen molar-refractivity contribution in [3.8, 4) is 0 Å². The summed E-state index contributed by atoms with van der Waals surface area (Å²) in [4.78, 5) is 0.192. The van der Waals surface area contributed by atoms with Gasteiger partial charge in [0.15, 0.2) is 0 Å². The molecule has 2 N–H and O–H groups in total. The molecule has 7 nitrogen and oxygen atoms in total. The SMILES string of the molecule is CCc1nn(CCc2ccnn2C)c(CC)c1S(N)(=O)=O. The zero-order chi connectivity index (χ0) is 15.6. The van der Waals surface area contributed by atoms with Crippen LogP contribution in [-0.4, -0.2) is 28.0 Å². The molecule has 0 amide bonds. The van der Waals surface area contributed by atoms with Crippen LogP contribution in [0.1, 0.15) is 30.9 Å². The fourth-order valence-corrected chi connectivity index (χ4v) is 3.58. The molecule has 0 fully saturated rings. The van der Waals surface area contributed by atoms with Crippen LogP contribution in [0.25, 0.3) is 0 Å². The molecule has 0 radical (unpaired) electrons. The Labute approximate surface area is 124 Å². The van der Waals surface area contributed by atoms with Crippen molar-refractivity contribution in [2.75, 3.05) is 0 Å². The smallest absolute Gasteiger partial charge is 0.241 e. The van der Waals surface area contributed by atoms with Crippen molar-refractivity contribution in [1.82, 2.24) is 19.6 Å². The molecule has 2 aromatic rings. The van der Waals surface area contributed by atoms with Crippen LogP contribution in [0.3, 0.4) is 0 Å². The van der Waals surface area contributed by atoms with E-state index >= 15 is 0 Å². The van der Waals surface area contributed by atoms with Crippen molar-refractivity contribution in [3.05, 3.63) is 29.3 Å². The molecule has 2 rings (SSSR count). The van der Waals surface area contributed by atoms with Gasteiger partial charge in [0.2, 0.25) is 10.0 Å². The fourth-order valence-electron chi connectivity index (χ4n) is 2.49. The Balaban J connectivity index is 2.36. The van der Waals surface area contributed by atoms with Crippen molar-refractivity contribution in [1.29, 1.82) is 0 Å². The predicted octanol–water partition coefficient (Wildman–Crippen LogP) is 0.632. The summed E-state index contributed by atoms with van der Waals surface area (Å²) >= 11 is 0. The number of aromatic nitrogens is 4. The van der Waals surface area contributed by atoms with Gasteiger partial charge in [-0.1, -0.05) is 13.8 Å². The van der Waals surface area contributed by atoms with E-state index in [0.717, 1.165) is 12.1 Å². The number of sulfonamides is 1. The van der Waals surface area contributed by atoms with Gasteiger partial charge in [0, 0.05) is 31.9 Å². The third-order valence-electron chi connectivity index (χ3n) is 3.53. The number of nitrogens with zero attached hydrogens (tertiary/aromatic N) is 4. The van der Waals surface area contributed by atoms with Gasteiger partial charge in [-0.15, -0.1) is 0 Å². The van der Waals surface area contributed by atoms with Crippen molar-refractivity contribution in [3.63, 3.8) is 0 Å². The molecule has 0 unspecified atom stereocenters. The molecule has 0 aromatic carbocycles. The second-order valence-corrected chi connectivity index (χ2v) is 6.39. The number of nitrogens with two attached hydrogens (primary N) is 1. The van der Waals surface area contributed by atoms with Gasteiger partial charge in [-0.05, 0) is 18.9 Å². The first kappa shape index (κ1) is 15.7. The summed E-state index contributed by atoms with van der Waals surface area (Å²) < 4.78 is 27.2. The minimum absolute atomic E-state index is 0.192. The molecule has 0 saturated heterocycles. The molecule has 2 heterocycles. The van der Waals surface area contributed by atoms with Crippen LogP contribution in [-0.2, 0) is 42.9 Å². The zero-order valence-electron chi connectivity index (χ0n) is 12.6. The van der Waals surface area contributed by atoms with E-state index < -0.39 is 10.0 Å². The summed E-state index contributed by atoms with van der Waals surface area (Å²) in [5, 5.41) is 13.9. The van der Waals surface area contributed by atoms with Crippen molar-refractivity contribution < 1.29 is 8.42 Å². The average Bonchev–Trinajstić information content (AvgIpc) is 2.98. The van der Waals surface area contributed by atoms with E-state index in [1.165, 1.54) is 0 Å². The molecule has 0 aliphatic heterocycles. The zero-order valence-corrected chi connectivity index (χ0v) is 13.4. The molecular formula is C13H21N5O2S. The molecule has 0 atom stereocenters. The summed E-state index contributed by atoms with van der Waals surface area (Å²) in [7, 11) is -1.87. The van der Waals surface area contributed by atoms with Crippen LogP contribution in [0.15, 0.2) is 17.2 Å². The highest BCUT2D eigenvalue weighted by molar-refractivity contribution is 7.89. The van der Waals surface area contributed by atoms with Crippen LogP contribution in [0.2, 0.25) is 0 Å². The molecule has 0 aliphatic rings. The molecule has 0 spiro atoms. The quantitative estimate of drug-likeness (QED) is 0.846. The highest BCUT2D eigenvalue weighted by atomic mass is 32.2. The van der Waals surface area contributed by atoms with E-state index in [0.29, 0.717) is 30.8 Å². The lowest BCUT2D eigenvalue weighted by molar-refractivity contribution is 0.558. The monoisotopic (exact) mass is 311 g/mol. The number of aryl methyl sites for hydroxylation is 4. The Kier molecular flexibility index (Phi) is 4.48. The summed E-state index contributed by atoms with van der Waals surface area (Å²) in [6.45, 7) is 4.39. The van der Waals surface area contributed by atoms with Gasteiger partial charge in [0.05, 0.1) is 11.4 Å². The minimum atomic E-state index is -3.75. The first-order valence-corrected chi connectivity index (χ1v) is 8.51. The Morgan fingerprint density at radius 3 is 2.48 bits per heavy atom. The van der Waals surface area contributed by atoms with E-state index in [1.54, 1.807) is 15.6 Å². The standard InChI is InChI=1S/C13H21N5O2S/c1-4-11-13(21(14,19)20)12(5-2)18(16-11)9-7-10-6-8-15-17(10)3/h6,8H,4-5,7,9H2,1-3H3,(H2,14,19,20). The van der Waals surface area contributed by atoms with E-state index in [4.69, 9.17) is 5.14 Å². The predicted molar refractivity (Wildman–Crippen MR) is 79.3 cm³/mol. The highest BCUT2D eigenvalue weighted by Gasteiger charge is 2.24. The number of primary sulfonamides is 1. The van der Waals surface area contributed by atoms with Gasteiger partial charge >= 0.3 is 0 Å². The lowest BCUT2D eigenvalue weighted by Crippen LogP contribution is -2.16. The lowest BCUT2D eigenvalue weighted by Gasteiger charge is -2.07. The molecule has 2 aromatic heterocycles. The van der Waals surface area contributed by atoms with E-state index in [-0.39, 0.29) is 4.90 Å². The van der Waals surface area contributed by atoms with Crippen LogP contribution in [0, 0.1) is 0 Å². The minimum Gasteiger partial charge on any atom is -0.273 e. The molecule has 0 bridgehead atoms. The summed E-state index contributed by atoms with van der Waals surface area (Å²) in [5.74, 6) is 0. The molecule has 8 heteroatoms. The Bertz CT molecular complexity index is 730. The van der Waals surface area contributed by atoms with Gasteiger partial charge in [0.25, 0.3) is 0 Å². The van der Waals surface area contributed by atoms with E-state index in [9.17, 15) is 8.42 Å². The average molecular weight is 311 g/mol. The topological polar surface area (TPSA) is 95.8 Å². The maximum absolute atomic E-state index is 11.8. The maximum atomic E-state index is 11.8. The first-order valence-electron chi connectivity index (χ1n) is 6.96. The second kappa shape index (κ2) is 5.98. The number of hydrogen-bond acceptors (Lipinski definition) is 4. The van der Waals surface area contributed by atoms with Crippen LogP contribution >= 0.6 is 0 Å². The van der Waals surface area contributed by atoms with Gasteiger partial charge in [-0.25, -0.2) is 13.6 Å². The highest BCUT2D eigenvalue weighted by Crippen LogP contribution is 2.21. The normalized spacial score (nSPS) is 12.0. The number of hydrogen-bond donors (Lipinski definition) is 1. The summed E-state index contributed by atoms with van der Waals surface area (Å²) in [6, 6.07) is 1.94. The Morgan fingerprint density at radius 2 is 2.00 bits per heavy atom. The van der Waals surface area contributed by atoms with Crippen LogP contribution in [0.4, 0.5) is 0 Å². The molecule has 21 heavy (non-hydrogen) atoms. The van der Waals surface area contributed by atoms with E-state index in [1.807, 2.05) is 27.0 Å². The largest absolute Gasteiger partial charge is 0.273 e. The third kappa shape index (κ3) is 3.16. The molecule has 116 valence electrons. The van der Waals surface area contributed by atoms with Gasteiger partial charge in [0.1, 0.15) is 4.90 Å². The fraction of sp³-hybridized carbons (Fsp3) is 0.538.